The number of allylic oxidation sites excluding steroid dienone is 2. The number of ether oxygens (including phenoxy) is 2. The first kappa shape index (κ1) is 26.0. The molecule has 1 atom stereocenters. The van der Waals surface area contributed by atoms with Gasteiger partial charge in [0.2, 0.25) is 0 Å². The van der Waals surface area contributed by atoms with Gasteiger partial charge in [-0.05, 0) is 43.2 Å². The molecule has 0 aliphatic carbocycles. The van der Waals surface area contributed by atoms with Gasteiger partial charge in [-0.25, -0.2) is 14.4 Å². The molecule has 1 heterocycles. The standard InChI is InChI=1S/C28H26N2O6/c1-18-23(27(33)35-15-7-11-20-9-4-3-5-10-20)25(21-12-6-13-22(17-21)26(31)32)24(19(2)30-18)28(34)36-16-8-14-29/h3-7,9-13,17,25,30H,8,15-16H2,1-2H3,(H,31,32)/b11-7+. The Kier molecular flexibility index (Phi) is 8.79. The number of rotatable bonds is 9. The molecular formula is C28H26N2O6. The smallest absolute Gasteiger partial charge is 0.337 e. The van der Waals surface area contributed by atoms with Crippen molar-refractivity contribution in [3.05, 3.63) is 99.9 Å². The molecule has 36 heavy (non-hydrogen) atoms. The highest BCUT2D eigenvalue weighted by Gasteiger charge is 2.38. The first-order valence-corrected chi connectivity index (χ1v) is 11.3. The van der Waals surface area contributed by atoms with E-state index < -0.39 is 23.8 Å². The van der Waals surface area contributed by atoms with Gasteiger partial charge >= 0.3 is 17.9 Å². The number of benzene rings is 2. The number of carboxylic acids is 1. The largest absolute Gasteiger partial charge is 0.478 e. The highest BCUT2D eigenvalue weighted by molar-refractivity contribution is 6.00. The number of nitrogens with one attached hydrogen (secondary N) is 1. The molecule has 184 valence electrons. The highest BCUT2D eigenvalue weighted by Crippen LogP contribution is 2.39. The number of aromatic carboxylic acids is 1. The average Bonchev–Trinajstić information content (AvgIpc) is 2.86. The maximum Gasteiger partial charge on any atom is 0.337 e. The molecule has 0 radical (unpaired) electrons. The van der Waals surface area contributed by atoms with E-state index in [4.69, 9.17) is 14.7 Å². The fourth-order valence-electron chi connectivity index (χ4n) is 3.94. The minimum Gasteiger partial charge on any atom is -0.478 e. The number of esters is 2. The summed E-state index contributed by atoms with van der Waals surface area (Å²) in [5.74, 6) is -3.42. The summed E-state index contributed by atoms with van der Waals surface area (Å²) in [7, 11) is 0. The third-order valence-corrected chi connectivity index (χ3v) is 5.53. The second kappa shape index (κ2) is 12.2. The normalized spacial score (nSPS) is 15.3. The lowest BCUT2D eigenvalue weighted by molar-refractivity contribution is -0.139. The average molecular weight is 487 g/mol. The third kappa shape index (κ3) is 6.27. The van der Waals surface area contributed by atoms with E-state index in [1.807, 2.05) is 42.5 Å². The van der Waals surface area contributed by atoms with Crippen molar-refractivity contribution < 1.29 is 29.0 Å². The van der Waals surface area contributed by atoms with Crippen molar-refractivity contribution in [1.29, 1.82) is 5.26 Å². The van der Waals surface area contributed by atoms with Crippen molar-refractivity contribution in [3.8, 4) is 6.07 Å². The molecule has 0 fully saturated rings. The fraction of sp³-hybridized carbons (Fsp3) is 0.214. The van der Waals surface area contributed by atoms with Crippen LogP contribution >= 0.6 is 0 Å². The van der Waals surface area contributed by atoms with Crippen LogP contribution in [0.4, 0.5) is 0 Å². The van der Waals surface area contributed by atoms with Gasteiger partial charge in [0.1, 0.15) is 13.2 Å². The molecule has 0 saturated carbocycles. The lowest BCUT2D eigenvalue weighted by Gasteiger charge is -2.30. The van der Waals surface area contributed by atoms with E-state index in [-0.39, 0.29) is 36.3 Å². The van der Waals surface area contributed by atoms with Gasteiger partial charge < -0.3 is 19.9 Å². The number of carboxylic acid groups (broad SMARTS) is 1. The molecule has 0 aromatic heterocycles. The molecule has 0 spiro atoms. The molecule has 0 saturated heterocycles. The summed E-state index contributed by atoms with van der Waals surface area (Å²) >= 11 is 0. The van der Waals surface area contributed by atoms with Gasteiger partial charge in [0.05, 0.1) is 35.1 Å². The molecule has 2 aromatic rings. The van der Waals surface area contributed by atoms with Gasteiger partial charge in [0, 0.05) is 11.4 Å². The third-order valence-electron chi connectivity index (χ3n) is 5.53. The van der Waals surface area contributed by atoms with Crippen molar-refractivity contribution >= 4 is 24.0 Å². The zero-order chi connectivity index (χ0) is 26.1. The molecule has 0 amide bonds. The summed E-state index contributed by atoms with van der Waals surface area (Å²) in [6.07, 6.45) is 3.54. The van der Waals surface area contributed by atoms with E-state index >= 15 is 0 Å². The summed E-state index contributed by atoms with van der Waals surface area (Å²) in [5.41, 5.74) is 2.64. The molecular weight excluding hydrogens is 460 g/mol. The minimum atomic E-state index is -1.14. The Labute approximate surface area is 209 Å². The van der Waals surface area contributed by atoms with E-state index in [1.54, 1.807) is 32.1 Å². The van der Waals surface area contributed by atoms with Gasteiger partial charge in [-0.1, -0.05) is 48.5 Å². The number of carbonyl (C=O) groups is 3. The minimum absolute atomic E-state index is 0.00294. The van der Waals surface area contributed by atoms with Crippen LogP contribution < -0.4 is 5.32 Å². The van der Waals surface area contributed by atoms with E-state index in [0.29, 0.717) is 17.0 Å². The Hall–Kier alpha value is -4.64. The van der Waals surface area contributed by atoms with Gasteiger partial charge in [-0.3, -0.25) is 0 Å². The van der Waals surface area contributed by atoms with E-state index in [2.05, 4.69) is 5.32 Å². The van der Waals surface area contributed by atoms with Gasteiger partial charge in [0.15, 0.2) is 0 Å². The predicted molar refractivity (Wildman–Crippen MR) is 132 cm³/mol. The topological polar surface area (TPSA) is 126 Å². The Morgan fingerprint density at radius 1 is 1.00 bits per heavy atom. The van der Waals surface area contributed by atoms with Crippen LogP contribution in [0.5, 0.6) is 0 Å². The Balaban J connectivity index is 1.95. The number of dihydropyridines is 1. The van der Waals surface area contributed by atoms with Crippen LogP contribution in [0.3, 0.4) is 0 Å². The lowest BCUT2D eigenvalue weighted by Crippen LogP contribution is -2.32. The molecule has 3 rings (SSSR count). The predicted octanol–water partition coefficient (Wildman–Crippen LogP) is 4.33. The molecule has 8 heteroatoms. The maximum atomic E-state index is 13.3. The number of nitrogens with zero attached hydrogens (tertiary/aromatic N) is 1. The number of hydrogen-bond donors (Lipinski definition) is 2. The van der Waals surface area contributed by atoms with Gasteiger partial charge in [-0.2, -0.15) is 5.26 Å². The summed E-state index contributed by atoms with van der Waals surface area (Å²) in [5, 5.41) is 21.3. The van der Waals surface area contributed by atoms with E-state index in [1.165, 1.54) is 12.1 Å². The fourth-order valence-corrected chi connectivity index (χ4v) is 3.94. The van der Waals surface area contributed by atoms with E-state index in [0.717, 1.165) is 5.56 Å². The van der Waals surface area contributed by atoms with Crippen molar-refractivity contribution in [2.45, 2.75) is 26.2 Å². The SMILES string of the molecule is CC1=C(C(=O)OC/C=C/c2ccccc2)C(c2cccc(C(=O)O)c2)C(C(=O)OCCC#N)=C(C)N1. The van der Waals surface area contributed by atoms with Crippen LogP contribution in [0.2, 0.25) is 0 Å². The van der Waals surface area contributed by atoms with Crippen LogP contribution in [-0.2, 0) is 19.1 Å². The maximum absolute atomic E-state index is 13.3. The Morgan fingerprint density at radius 2 is 1.67 bits per heavy atom. The molecule has 8 nitrogen and oxygen atoms in total. The van der Waals surface area contributed by atoms with Crippen molar-refractivity contribution in [3.63, 3.8) is 0 Å². The van der Waals surface area contributed by atoms with Gasteiger partial charge in [-0.15, -0.1) is 0 Å². The number of carbonyl (C=O) groups excluding carboxylic acids is 2. The Bertz CT molecular complexity index is 1280. The van der Waals surface area contributed by atoms with Crippen LogP contribution in [0, 0.1) is 11.3 Å². The highest BCUT2D eigenvalue weighted by atomic mass is 16.5. The van der Waals surface area contributed by atoms with Crippen molar-refractivity contribution in [1.82, 2.24) is 5.32 Å². The molecule has 2 aromatic carbocycles. The van der Waals surface area contributed by atoms with Gasteiger partial charge in [0.25, 0.3) is 0 Å². The zero-order valence-electron chi connectivity index (χ0n) is 20.0. The van der Waals surface area contributed by atoms with Crippen LogP contribution in [0.1, 0.15) is 47.7 Å². The molecule has 0 bridgehead atoms. The summed E-state index contributed by atoms with van der Waals surface area (Å²) in [4.78, 5) is 37.9. The summed E-state index contributed by atoms with van der Waals surface area (Å²) in [6, 6.07) is 17.5. The van der Waals surface area contributed by atoms with Crippen molar-refractivity contribution in [2.75, 3.05) is 13.2 Å². The number of hydrogen-bond acceptors (Lipinski definition) is 7. The van der Waals surface area contributed by atoms with Crippen molar-refractivity contribution in [2.24, 2.45) is 0 Å². The monoisotopic (exact) mass is 486 g/mol. The quantitative estimate of drug-likeness (QED) is 0.396. The molecule has 2 N–H and O–H groups in total. The van der Waals surface area contributed by atoms with Crippen LogP contribution in [0.25, 0.3) is 6.08 Å². The summed E-state index contributed by atoms with van der Waals surface area (Å²) < 4.78 is 10.8. The lowest BCUT2D eigenvalue weighted by atomic mass is 9.80. The van der Waals surface area contributed by atoms with E-state index in [9.17, 15) is 19.5 Å². The Morgan fingerprint density at radius 3 is 2.31 bits per heavy atom. The zero-order valence-corrected chi connectivity index (χ0v) is 20.0. The van der Waals surface area contributed by atoms with Crippen LogP contribution in [-0.4, -0.2) is 36.2 Å². The van der Waals surface area contributed by atoms with Crippen LogP contribution in [0.15, 0.2) is 83.2 Å². The second-order valence-electron chi connectivity index (χ2n) is 8.02. The molecule has 1 aliphatic heterocycles. The summed E-state index contributed by atoms with van der Waals surface area (Å²) in [6.45, 7) is 3.24. The first-order valence-electron chi connectivity index (χ1n) is 11.3. The molecule has 1 aliphatic rings. The number of nitriles is 1. The second-order valence-corrected chi connectivity index (χ2v) is 8.02. The first-order chi connectivity index (χ1) is 17.3. The molecule has 1 unspecified atom stereocenters.